The molecule has 1 saturated carbocycles. The van der Waals surface area contributed by atoms with Gasteiger partial charge in [-0.2, -0.15) is 5.10 Å². The van der Waals surface area contributed by atoms with Crippen LogP contribution in [0.3, 0.4) is 0 Å². The average molecular weight is 166 g/mol. The van der Waals surface area contributed by atoms with Crippen molar-refractivity contribution in [2.24, 2.45) is 11.7 Å². The Labute approximate surface area is 71.6 Å². The quantitative estimate of drug-likeness (QED) is 0.686. The van der Waals surface area contributed by atoms with Gasteiger partial charge >= 0.3 is 0 Å². The monoisotopic (exact) mass is 166 g/mol. The summed E-state index contributed by atoms with van der Waals surface area (Å²) in [6.45, 7) is 1.89. The smallest absolute Gasteiger partial charge is 0.167 e. The number of H-pyrrole nitrogens is 1. The molecule has 0 bridgehead atoms. The predicted molar refractivity (Wildman–Crippen MR) is 45.4 cm³/mol. The molecule has 12 heavy (non-hydrogen) atoms. The van der Waals surface area contributed by atoms with Gasteiger partial charge in [-0.05, 0) is 25.7 Å². The van der Waals surface area contributed by atoms with Crippen LogP contribution in [0.1, 0.15) is 37.0 Å². The number of rotatable bonds is 2. The zero-order valence-electron chi connectivity index (χ0n) is 7.25. The van der Waals surface area contributed by atoms with Crippen molar-refractivity contribution < 1.29 is 0 Å². The van der Waals surface area contributed by atoms with Crippen molar-refractivity contribution in [1.82, 2.24) is 15.2 Å². The highest BCUT2D eigenvalue weighted by molar-refractivity contribution is 4.98. The second-order valence-electron chi connectivity index (χ2n) is 3.50. The molecule has 1 aliphatic rings. The number of hydrogen-bond donors (Lipinski definition) is 2. The van der Waals surface area contributed by atoms with E-state index in [1.54, 1.807) is 0 Å². The first-order valence-electron chi connectivity index (χ1n) is 4.42. The largest absolute Gasteiger partial charge is 0.321 e. The second-order valence-corrected chi connectivity index (χ2v) is 3.50. The van der Waals surface area contributed by atoms with Gasteiger partial charge in [-0.3, -0.25) is 5.10 Å². The molecule has 0 aliphatic heterocycles. The molecule has 0 saturated heterocycles. The van der Waals surface area contributed by atoms with Gasteiger partial charge in [-0.25, -0.2) is 4.98 Å². The van der Waals surface area contributed by atoms with Gasteiger partial charge in [0, 0.05) is 0 Å². The van der Waals surface area contributed by atoms with Gasteiger partial charge in [-0.1, -0.05) is 6.42 Å². The van der Waals surface area contributed by atoms with Crippen molar-refractivity contribution in [3.05, 3.63) is 11.6 Å². The third-order valence-electron chi connectivity index (χ3n) is 2.57. The third-order valence-corrected chi connectivity index (χ3v) is 2.57. The molecule has 2 rings (SSSR count). The number of nitrogens with two attached hydrogens (primary N) is 1. The molecule has 0 amide bonds. The van der Waals surface area contributed by atoms with Gasteiger partial charge in [0.05, 0.1) is 6.04 Å². The van der Waals surface area contributed by atoms with Crippen molar-refractivity contribution in [3.63, 3.8) is 0 Å². The van der Waals surface area contributed by atoms with Crippen molar-refractivity contribution >= 4 is 0 Å². The maximum Gasteiger partial charge on any atom is 0.167 e. The molecule has 4 heteroatoms. The molecular formula is C8H14N4. The van der Waals surface area contributed by atoms with Crippen LogP contribution in [0.25, 0.3) is 0 Å². The fourth-order valence-electron chi connectivity index (χ4n) is 1.52. The predicted octanol–water partition coefficient (Wildman–Crippen LogP) is 0.913. The van der Waals surface area contributed by atoms with Gasteiger partial charge < -0.3 is 5.73 Å². The molecule has 0 aromatic carbocycles. The molecule has 1 unspecified atom stereocenters. The Morgan fingerprint density at radius 1 is 1.58 bits per heavy atom. The minimum atomic E-state index is 0.0451. The third kappa shape index (κ3) is 1.22. The molecule has 1 atom stereocenters. The number of aromatic nitrogens is 3. The van der Waals surface area contributed by atoms with Crippen molar-refractivity contribution in [2.45, 2.75) is 32.2 Å². The summed E-state index contributed by atoms with van der Waals surface area (Å²) in [6, 6.07) is 0.0451. The van der Waals surface area contributed by atoms with E-state index in [1.807, 2.05) is 6.92 Å². The Balaban J connectivity index is 2.08. The lowest BCUT2D eigenvalue weighted by atomic mass is 9.80. The summed E-state index contributed by atoms with van der Waals surface area (Å²) in [5, 5.41) is 6.87. The van der Waals surface area contributed by atoms with Gasteiger partial charge in [0.15, 0.2) is 5.82 Å². The van der Waals surface area contributed by atoms with Crippen LogP contribution in [0.2, 0.25) is 0 Å². The van der Waals surface area contributed by atoms with E-state index in [9.17, 15) is 0 Å². The lowest BCUT2D eigenvalue weighted by Gasteiger charge is -2.29. The van der Waals surface area contributed by atoms with Gasteiger partial charge in [-0.15, -0.1) is 0 Å². The molecular weight excluding hydrogens is 152 g/mol. The fourth-order valence-corrected chi connectivity index (χ4v) is 1.52. The average Bonchev–Trinajstić information content (AvgIpc) is 2.31. The van der Waals surface area contributed by atoms with Crippen LogP contribution in [-0.2, 0) is 0 Å². The second kappa shape index (κ2) is 2.86. The van der Waals surface area contributed by atoms with Gasteiger partial charge in [0.2, 0.25) is 0 Å². The highest BCUT2D eigenvalue weighted by Gasteiger charge is 2.27. The van der Waals surface area contributed by atoms with E-state index in [-0.39, 0.29) is 6.04 Å². The molecule has 0 radical (unpaired) electrons. The molecule has 4 nitrogen and oxygen atoms in total. The summed E-state index contributed by atoms with van der Waals surface area (Å²) < 4.78 is 0. The minimum Gasteiger partial charge on any atom is -0.321 e. The Morgan fingerprint density at radius 3 is 2.75 bits per heavy atom. The van der Waals surface area contributed by atoms with Crippen LogP contribution in [0.15, 0.2) is 0 Å². The van der Waals surface area contributed by atoms with Gasteiger partial charge in [0.25, 0.3) is 0 Å². The summed E-state index contributed by atoms with van der Waals surface area (Å²) in [6.07, 6.45) is 3.77. The Morgan fingerprint density at radius 2 is 2.33 bits per heavy atom. The van der Waals surface area contributed by atoms with Crippen molar-refractivity contribution in [3.8, 4) is 0 Å². The molecule has 1 fully saturated rings. The lowest BCUT2D eigenvalue weighted by Crippen LogP contribution is -2.27. The summed E-state index contributed by atoms with van der Waals surface area (Å²) in [4.78, 5) is 4.22. The molecule has 66 valence electrons. The van der Waals surface area contributed by atoms with Crippen molar-refractivity contribution in [2.75, 3.05) is 0 Å². The van der Waals surface area contributed by atoms with Crippen LogP contribution in [0.4, 0.5) is 0 Å². The minimum absolute atomic E-state index is 0.0451. The number of aromatic amines is 1. The molecule has 1 aliphatic carbocycles. The van der Waals surface area contributed by atoms with E-state index < -0.39 is 0 Å². The topological polar surface area (TPSA) is 67.6 Å². The standard InChI is InChI=1S/C8H14N4/c1-5-10-8(12-11-5)7(9)6-3-2-4-6/h6-7H,2-4,9H2,1H3,(H,10,11,12). The zero-order chi connectivity index (χ0) is 8.55. The lowest BCUT2D eigenvalue weighted by molar-refractivity contribution is 0.258. The number of hydrogen-bond acceptors (Lipinski definition) is 3. The summed E-state index contributed by atoms with van der Waals surface area (Å²) in [5.41, 5.74) is 5.97. The van der Waals surface area contributed by atoms with Gasteiger partial charge in [0.1, 0.15) is 5.82 Å². The first kappa shape index (κ1) is 7.73. The van der Waals surface area contributed by atoms with E-state index in [4.69, 9.17) is 5.73 Å². The van der Waals surface area contributed by atoms with Crippen LogP contribution < -0.4 is 5.73 Å². The normalized spacial score (nSPS) is 20.5. The van der Waals surface area contributed by atoms with E-state index in [2.05, 4.69) is 15.2 Å². The van der Waals surface area contributed by atoms with Crippen LogP contribution in [-0.4, -0.2) is 15.2 Å². The Bertz CT molecular complexity index is 264. The van der Waals surface area contributed by atoms with Crippen LogP contribution >= 0.6 is 0 Å². The van der Waals surface area contributed by atoms with Crippen LogP contribution in [0, 0.1) is 12.8 Å². The molecule has 1 aromatic rings. The number of aryl methyl sites for hydroxylation is 1. The highest BCUT2D eigenvalue weighted by atomic mass is 15.2. The molecule has 1 heterocycles. The van der Waals surface area contributed by atoms with Crippen LogP contribution in [0.5, 0.6) is 0 Å². The van der Waals surface area contributed by atoms with E-state index in [0.717, 1.165) is 11.6 Å². The van der Waals surface area contributed by atoms with E-state index in [0.29, 0.717) is 5.92 Å². The fraction of sp³-hybridized carbons (Fsp3) is 0.750. The molecule has 1 aromatic heterocycles. The Kier molecular flexibility index (Phi) is 1.84. The molecule has 0 spiro atoms. The summed E-state index contributed by atoms with van der Waals surface area (Å²) in [7, 11) is 0. The summed E-state index contributed by atoms with van der Waals surface area (Å²) >= 11 is 0. The maximum atomic E-state index is 5.97. The first-order chi connectivity index (χ1) is 5.77. The Hall–Kier alpha value is -0.900. The van der Waals surface area contributed by atoms with Crippen molar-refractivity contribution in [1.29, 1.82) is 0 Å². The summed E-state index contributed by atoms with van der Waals surface area (Å²) in [5.74, 6) is 2.23. The maximum absolute atomic E-state index is 5.97. The molecule has 3 N–H and O–H groups in total. The zero-order valence-corrected chi connectivity index (χ0v) is 7.25. The number of nitrogens with one attached hydrogen (secondary N) is 1. The van der Waals surface area contributed by atoms with E-state index in [1.165, 1.54) is 19.3 Å². The SMILES string of the molecule is Cc1nc(C(N)C2CCC2)n[nH]1. The highest BCUT2D eigenvalue weighted by Crippen LogP contribution is 2.34. The number of nitrogens with zero attached hydrogens (tertiary/aromatic N) is 2. The first-order valence-corrected chi connectivity index (χ1v) is 4.42. The van der Waals surface area contributed by atoms with E-state index >= 15 is 0 Å².